The van der Waals surface area contributed by atoms with Crippen molar-refractivity contribution in [1.29, 1.82) is 0 Å². The van der Waals surface area contributed by atoms with Gasteiger partial charge < -0.3 is 5.11 Å². The van der Waals surface area contributed by atoms with E-state index in [-0.39, 0.29) is 5.92 Å². The Balaban J connectivity index is 1.93. The van der Waals surface area contributed by atoms with Gasteiger partial charge in [0.15, 0.2) is 0 Å². The monoisotopic (exact) mass is 256 g/mol. The molecular weight excluding hydrogens is 240 g/mol. The summed E-state index contributed by atoms with van der Waals surface area (Å²) >= 11 is 0. The first-order valence-electron chi connectivity index (χ1n) is 6.51. The number of carboxylic acids is 1. The number of nitrogens with zero attached hydrogens (tertiary/aromatic N) is 2. The van der Waals surface area contributed by atoms with Crippen LogP contribution in [0.4, 0.5) is 0 Å². The van der Waals surface area contributed by atoms with Gasteiger partial charge in [-0.3, -0.25) is 4.79 Å². The maximum atomic E-state index is 11.1. The number of rotatable bonds is 2. The maximum absolute atomic E-state index is 11.1. The first kappa shape index (κ1) is 12.0. The van der Waals surface area contributed by atoms with Gasteiger partial charge in [-0.15, -0.1) is 0 Å². The van der Waals surface area contributed by atoms with Gasteiger partial charge in [0.25, 0.3) is 0 Å². The van der Waals surface area contributed by atoms with Crippen molar-refractivity contribution < 1.29 is 9.90 Å². The van der Waals surface area contributed by atoms with Crippen LogP contribution in [0.3, 0.4) is 0 Å². The Bertz CT molecular complexity index is 631. The fraction of sp³-hybridized carbons (Fsp3) is 0.333. The van der Waals surface area contributed by atoms with Crippen molar-refractivity contribution in [3.05, 3.63) is 47.3 Å². The third-order valence-electron chi connectivity index (χ3n) is 3.69. The lowest BCUT2D eigenvalue weighted by Gasteiger charge is -2.16. The molecule has 19 heavy (non-hydrogen) atoms. The summed E-state index contributed by atoms with van der Waals surface area (Å²) in [5.74, 6) is -0.961. The predicted molar refractivity (Wildman–Crippen MR) is 71.5 cm³/mol. The van der Waals surface area contributed by atoms with Crippen molar-refractivity contribution in [2.75, 3.05) is 0 Å². The Labute approximate surface area is 111 Å². The van der Waals surface area contributed by atoms with Gasteiger partial charge >= 0.3 is 5.97 Å². The first-order chi connectivity index (χ1) is 9.13. The molecule has 3 rings (SSSR count). The first-order valence-corrected chi connectivity index (χ1v) is 6.51. The minimum absolute atomic E-state index is 0.261. The molecule has 1 unspecified atom stereocenters. The van der Waals surface area contributed by atoms with Gasteiger partial charge in [0.1, 0.15) is 0 Å². The van der Waals surface area contributed by atoms with Crippen LogP contribution >= 0.6 is 0 Å². The normalized spacial score (nSPS) is 18.1. The largest absolute Gasteiger partial charge is 0.481 e. The molecule has 4 nitrogen and oxygen atoms in total. The lowest BCUT2D eigenvalue weighted by molar-refractivity contribution is -0.142. The molecule has 0 radical (unpaired) electrons. The van der Waals surface area contributed by atoms with E-state index in [4.69, 9.17) is 5.11 Å². The van der Waals surface area contributed by atoms with E-state index < -0.39 is 5.97 Å². The van der Waals surface area contributed by atoms with E-state index in [9.17, 15) is 4.79 Å². The molecule has 98 valence electrons. The molecule has 4 heteroatoms. The second kappa shape index (κ2) is 4.53. The Kier molecular flexibility index (Phi) is 2.85. The molecule has 2 aromatic rings. The Morgan fingerprint density at radius 1 is 1.47 bits per heavy atom. The van der Waals surface area contributed by atoms with Gasteiger partial charge in [-0.1, -0.05) is 12.1 Å². The van der Waals surface area contributed by atoms with Crippen LogP contribution in [0.2, 0.25) is 0 Å². The average Bonchev–Trinajstić information content (AvgIpc) is 2.81. The van der Waals surface area contributed by atoms with Crippen LogP contribution in [0.25, 0.3) is 5.69 Å². The van der Waals surface area contributed by atoms with E-state index in [2.05, 4.69) is 11.2 Å². The molecular formula is C15H16N2O2. The van der Waals surface area contributed by atoms with Gasteiger partial charge in [-0.25, -0.2) is 4.68 Å². The fourth-order valence-electron chi connectivity index (χ4n) is 2.62. The molecule has 0 spiro atoms. The van der Waals surface area contributed by atoms with E-state index in [0.29, 0.717) is 12.8 Å². The Morgan fingerprint density at radius 3 is 3.05 bits per heavy atom. The molecule has 1 N–H and O–H groups in total. The van der Waals surface area contributed by atoms with Crippen LogP contribution in [-0.2, 0) is 17.6 Å². The molecule has 0 bridgehead atoms. The minimum Gasteiger partial charge on any atom is -0.481 e. The lowest BCUT2D eigenvalue weighted by atomic mass is 9.88. The van der Waals surface area contributed by atoms with Crippen molar-refractivity contribution in [2.24, 2.45) is 5.92 Å². The summed E-state index contributed by atoms with van der Waals surface area (Å²) in [5.41, 5.74) is 4.33. The zero-order chi connectivity index (χ0) is 13.4. The van der Waals surface area contributed by atoms with E-state index in [1.807, 2.05) is 36.0 Å². The zero-order valence-corrected chi connectivity index (χ0v) is 10.8. The molecule has 0 fully saturated rings. The molecule has 1 heterocycles. The molecule has 1 aliphatic rings. The molecule has 1 aromatic heterocycles. The number of hydrogen-bond donors (Lipinski definition) is 1. The van der Waals surface area contributed by atoms with Crippen molar-refractivity contribution in [1.82, 2.24) is 9.78 Å². The smallest absolute Gasteiger partial charge is 0.306 e. The van der Waals surface area contributed by atoms with E-state index in [0.717, 1.165) is 23.4 Å². The van der Waals surface area contributed by atoms with Crippen molar-refractivity contribution in [2.45, 2.75) is 26.2 Å². The van der Waals surface area contributed by atoms with Crippen LogP contribution in [0, 0.1) is 12.8 Å². The van der Waals surface area contributed by atoms with Crippen molar-refractivity contribution in [3.8, 4) is 5.69 Å². The van der Waals surface area contributed by atoms with Crippen LogP contribution in [0.15, 0.2) is 30.5 Å². The number of hydrogen-bond acceptors (Lipinski definition) is 2. The van der Waals surface area contributed by atoms with E-state index in [1.165, 1.54) is 5.56 Å². The van der Waals surface area contributed by atoms with Crippen LogP contribution < -0.4 is 0 Å². The van der Waals surface area contributed by atoms with Crippen molar-refractivity contribution >= 4 is 5.97 Å². The number of carboxylic acid groups (broad SMARTS) is 1. The van der Waals surface area contributed by atoms with Crippen LogP contribution in [-0.4, -0.2) is 20.9 Å². The van der Waals surface area contributed by atoms with E-state index >= 15 is 0 Å². The minimum atomic E-state index is -0.700. The summed E-state index contributed by atoms with van der Waals surface area (Å²) in [6.45, 7) is 2.05. The van der Waals surface area contributed by atoms with Gasteiger partial charge in [0.2, 0.25) is 0 Å². The molecule has 0 saturated carbocycles. The average molecular weight is 256 g/mol. The molecule has 1 aromatic carbocycles. The lowest BCUT2D eigenvalue weighted by Crippen LogP contribution is -2.21. The van der Waals surface area contributed by atoms with Crippen molar-refractivity contribution in [3.63, 3.8) is 0 Å². The summed E-state index contributed by atoms with van der Waals surface area (Å²) in [6.07, 6.45) is 4.01. The number of aromatic nitrogens is 2. The summed E-state index contributed by atoms with van der Waals surface area (Å²) in [7, 11) is 0. The number of benzene rings is 1. The molecule has 0 amide bonds. The molecule has 1 aliphatic carbocycles. The summed E-state index contributed by atoms with van der Waals surface area (Å²) in [4.78, 5) is 11.1. The van der Waals surface area contributed by atoms with Gasteiger partial charge in [-0.05, 0) is 49.4 Å². The predicted octanol–water partition coefficient (Wildman–Crippen LogP) is 2.37. The summed E-state index contributed by atoms with van der Waals surface area (Å²) in [6, 6.07) is 8.14. The zero-order valence-electron chi connectivity index (χ0n) is 10.8. The Hall–Kier alpha value is -2.10. The quantitative estimate of drug-likeness (QED) is 0.897. The summed E-state index contributed by atoms with van der Waals surface area (Å²) < 4.78 is 1.86. The van der Waals surface area contributed by atoms with Crippen LogP contribution in [0.5, 0.6) is 0 Å². The highest BCUT2D eigenvalue weighted by molar-refractivity contribution is 5.70. The summed E-state index contributed by atoms with van der Waals surface area (Å²) in [5, 5.41) is 13.7. The highest BCUT2D eigenvalue weighted by Gasteiger charge is 2.26. The SMILES string of the molecule is Cc1cccc(-n2cc3c(n2)CCC(C(=O)O)C3)c1. The number of aliphatic carboxylic acids is 1. The topological polar surface area (TPSA) is 55.1 Å². The second-order valence-electron chi connectivity index (χ2n) is 5.16. The maximum Gasteiger partial charge on any atom is 0.306 e. The Morgan fingerprint density at radius 2 is 2.32 bits per heavy atom. The molecule has 0 aliphatic heterocycles. The fourth-order valence-corrected chi connectivity index (χ4v) is 2.62. The third kappa shape index (κ3) is 2.26. The van der Waals surface area contributed by atoms with Gasteiger partial charge in [0, 0.05) is 6.20 Å². The number of aryl methyl sites for hydroxylation is 2. The standard InChI is InChI=1S/C15H16N2O2/c1-10-3-2-4-13(7-10)17-9-12-8-11(15(18)19)5-6-14(12)16-17/h2-4,7,9,11H,5-6,8H2,1H3,(H,18,19). The molecule has 0 saturated heterocycles. The number of fused-ring (bicyclic) bond motifs is 1. The van der Waals surface area contributed by atoms with E-state index in [1.54, 1.807) is 0 Å². The second-order valence-corrected chi connectivity index (χ2v) is 5.16. The van der Waals surface area contributed by atoms with Crippen LogP contribution in [0.1, 0.15) is 23.2 Å². The third-order valence-corrected chi connectivity index (χ3v) is 3.69. The molecule has 1 atom stereocenters. The van der Waals surface area contributed by atoms with Gasteiger partial charge in [0.05, 0.1) is 17.3 Å². The van der Waals surface area contributed by atoms with Gasteiger partial charge in [-0.2, -0.15) is 5.10 Å². The highest BCUT2D eigenvalue weighted by atomic mass is 16.4. The number of carbonyl (C=O) groups is 1. The highest BCUT2D eigenvalue weighted by Crippen LogP contribution is 2.26.